The number of rotatable bonds is 4. The van der Waals surface area contributed by atoms with E-state index in [1.807, 2.05) is 0 Å². The number of carboxylic acids is 1. The molecule has 0 spiro atoms. The van der Waals surface area contributed by atoms with Crippen LogP contribution in [0.5, 0.6) is 0 Å². The number of carbonyl (C=O) groups is 1. The minimum absolute atomic E-state index is 0.146. The van der Waals surface area contributed by atoms with E-state index in [9.17, 15) is 14.3 Å². The van der Waals surface area contributed by atoms with Crippen LogP contribution in [-0.2, 0) is 11.2 Å². The van der Waals surface area contributed by atoms with Crippen LogP contribution < -0.4 is 0 Å². The normalized spacial score (nSPS) is 26.4. The highest BCUT2D eigenvalue weighted by atomic mass is 79.9. The molecule has 0 radical (unpaired) electrons. The maximum Gasteiger partial charge on any atom is 0.306 e. The Balaban J connectivity index is 2.16. The zero-order valence-corrected chi connectivity index (χ0v) is 13.2. The minimum Gasteiger partial charge on any atom is -0.481 e. The average molecular weight is 343 g/mol. The molecule has 1 N–H and O–H groups in total. The first-order chi connectivity index (χ1) is 9.51. The summed E-state index contributed by atoms with van der Waals surface area (Å²) in [5.74, 6) is -0.467. The molecule has 0 saturated heterocycles. The van der Waals surface area contributed by atoms with Gasteiger partial charge >= 0.3 is 5.97 Å². The monoisotopic (exact) mass is 342 g/mol. The van der Waals surface area contributed by atoms with Gasteiger partial charge in [0.05, 0.1) is 5.92 Å². The van der Waals surface area contributed by atoms with Crippen molar-refractivity contribution in [3.05, 3.63) is 34.1 Å². The van der Waals surface area contributed by atoms with E-state index in [0.29, 0.717) is 12.3 Å². The van der Waals surface area contributed by atoms with Crippen LogP contribution in [0.1, 0.15) is 38.2 Å². The van der Waals surface area contributed by atoms with Gasteiger partial charge in [-0.1, -0.05) is 35.3 Å². The van der Waals surface area contributed by atoms with E-state index in [4.69, 9.17) is 0 Å². The topological polar surface area (TPSA) is 37.3 Å². The first-order valence-corrected chi connectivity index (χ1v) is 7.97. The summed E-state index contributed by atoms with van der Waals surface area (Å²) in [4.78, 5) is 11.4. The molecular formula is C16H20BrFO2. The lowest BCUT2D eigenvalue weighted by molar-refractivity contribution is -0.145. The summed E-state index contributed by atoms with van der Waals surface area (Å²) in [6, 6.07) is 4.65. The molecule has 20 heavy (non-hydrogen) atoms. The maximum absolute atomic E-state index is 13.1. The second-order valence-electron chi connectivity index (χ2n) is 5.73. The predicted octanol–water partition coefficient (Wildman–Crippen LogP) is 4.66. The molecule has 3 unspecified atom stereocenters. The van der Waals surface area contributed by atoms with Gasteiger partial charge in [-0.25, -0.2) is 4.39 Å². The van der Waals surface area contributed by atoms with Crippen LogP contribution in [-0.4, -0.2) is 11.1 Å². The molecule has 2 nitrogen and oxygen atoms in total. The van der Waals surface area contributed by atoms with Gasteiger partial charge in [-0.3, -0.25) is 4.79 Å². The second kappa shape index (κ2) is 6.70. The lowest BCUT2D eigenvalue weighted by Crippen LogP contribution is -2.32. The third-order valence-electron chi connectivity index (χ3n) is 4.48. The Hall–Kier alpha value is -0.900. The Bertz CT molecular complexity index is 489. The Morgan fingerprint density at radius 2 is 2.20 bits per heavy atom. The number of hydrogen-bond acceptors (Lipinski definition) is 1. The van der Waals surface area contributed by atoms with Gasteiger partial charge in [-0.05, 0) is 55.2 Å². The number of benzene rings is 1. The summed E-state index contributed by atoms with van der Waals surface area (Å²) in [5.41, 5.74) is 0.999. The van der Waals surface area contributed by atoms with Gasteiger partial charge in [-0.2, -0.15) is 0 Å². The van der Waals surface area contributed by atoms with Crippen molar-refractivity contribution >= 4 is 21.9 Å². The van der Waals surface area contributed by atoms with Crippen molar-refractivity contribution in [2.45, 2.75) is 39.0 Å². The van der Waals surface area contributed by atoms with Crippen molar-refractivity contribution in [3.8, 4) is 0 Å². The molecule has 1 aromatic rings. The van der Waals surface area contributed by atoms with Gasteiger partial charge in [0.2, 0.25) is 0 Å². The van der Waals surface area contributed by atoms with E-state index >= 15 is 0 Å². The molecule has 0 bridgehead atoms. The van der Waals surface area contributed by atoms with Gasteiger partial charge in [-0.15, -0.1) is 0 Å². The van der Waals surface area contributed by atoms with Gasteiger partial charge in [0.15, 0.2) is 0 Å². The van der Waals surface area contributed by atoms with Crippen LogP contribution >= 0.6 is 15.9 Å². The van der Waals surface area contributed by atoms with Crippen molar-refractivity contribution < 1.29 is 14.3 Å². The fourth-order valence-electron chi connectivity index (χ4n) is 3.25. The van der Waals surface area contributed by atoms with Crippen LogP contribution in [0, 0.1) is 23.6 Å². The third-order valence-corrected chi connectivity index (χ3v) is 5.22. The van der Waals surface area contributed by atoms with Crippen LogP contribution in [0.4, 0.5) is 4.39 Å². The number of aliphatic carboxylic acids is 1. The van der Waals surface area contributed by atoms with Gasteiger partial charge < -0.3 is 5.11 Å². The first kappa shape index (κ1) is 15.5. The van der Waals surface area contributed by atoms with E-state index in [1.54, 1.807) is 6.07 Å². The molecule has 2 rings (SSSR count). The minimum atomic E-state index is -0.692. The quantitative estimate of drug-likeness (QED) is 0.863. The highest BCUT2D eigenvalue weighted by Crippen LogP contribution is 2.38. The van der Waals surface area contributed by atoms with E-state index < -0.39 is 5.97 Å². The molecular weight excluding hydrogens is 323 g/mol. The van der Waals surface area contributed by atoms with Crippen molar-refractivity contribution in [2.24, 2.45) is 17.8 Å². The molecule has 1 aliphatic carbocycles. The summed E-state index contributed by atoms with van der Waals surface area (Å²) >= 11 is 3.38. The van der Waals surface area contributed by atoms with Crippen LogP contribution in [0.2, 0.25) is 0 Å². The predicted molar refractivity (Wildman–Crippen MR) is 80.1 cm³/mol. The molecule has 1 aromatic carbocycles. The lowest BCUT2D eigenvalue weighted by Gasteiger charge is -2.34. The van der Waals surface area contributed by atoms with Gasteiger partial charge in [0, 0.05) is 4.47 Å². The Morgan fingerprint density at radius 3 is 2.80 bits per heavy atom. The Morgan fingerprint density at radius 1 is 1.45 bits per heavy atom. The number of halogens is 2. The molecule has 1 aliphatic rings. The smallest absolute Gasteiger partial charge is 0.306 e. The van der Waals surface area contributed by atoms with Crippen molar-refractivity contribution in [1.82, 2.24) is 0 Å². The van der Waals surface area contributed by atoms with Gasteiger partial charge in [0.1, 0.15) is 5.82 Å². The Labute approximate surface area is 127 Å². The maximum atomic E-state index is 13.1. The fraction of sp³-hybridized carbons (Fsp3) is 0.562. The molecule has 4 heteroatoms. The number of carboxylic acid groups (broad SMARTS) is 1. The summed E-state index contributed by atoms with van der Waals surface area (Å²) < 4.78 is 13.9. The molecule has 3 atom stereocenters. The standard InChI is InChI=1S/C16H20BrFO2/c1-2-10-3-6-14(16(19)20)12(7-10)8-11-4-5-13(18)9-15(11)17/h4-5,9-10,12,14H,2-3,6-8H2,1H3,(H,19,20). The van der Waals surface area contributed by atoms with Crippen LogP contribution in [0.15, 0.2) is 22.7 Å². The largest absolute Gasteiger partial charge is 0.481 e. The van der Waals surface area contributed by atoms with E-state index in [-0.39, 0.29) is 17.7 Å². The van der Waals surface area contributed by atoms with Crippen LogP contribution in [0.3, 0.4) is 0 Å². The van der Waals surface area contributed by atoms with Gasteiger partial charge in [0.25, 0.3) is 0 Å². The zero-order valence-electron chi connectivity index (χ0n) is 11.6. The second-order valence-corrected chi connectivity index (χ2v) is 6.59. The lowest BCUT2D eigenvalue weighted by atomic mass is 9.71. The van der Waals surface area contributed by atoms with Crippen molar-refractivity contribution in [1.29, 1.82) is 0 Å². The summed E-state index contributed by atoms with van der Waals surface area (Å²) in [6.07, 6.45) is 4.53. The summed E-state index contributed by atoms with van der Waals surface area (Å²) in [6.45, 7) is 2.16. The van der Waals surface area contributed by atoms with E-state index in [2.05, 4.69) is 22.9 Å². The fourth-order valence-corrected chi connectivity index (χ4v) is 3.77. The summed E-state index contributed by atoms with van der Waals surface area (Å²) in [5, 5.41) is 9.39. The molecule has 0 aliphatic heterocycles. The van der Waals surface area contributed by atoms with Crippen LogP contribution in [0.25, 0.3) is 0 Å². The average Bonchev–Trinajstić information content (AvgIpc) is 2.41. The molecule has 0 heterocycles. The van der Waals surface area contributed by atoms with Crippen molar-refractivity contribution in [3.63, 3.8) is 0 Å². The highest BCUT2D eigenvalue weighted by molar-refractivity contribution is 9.10. The Kier molecular flexibility index (Phi) is 5.19. The molecule has 0 aromatic heterocycles. The van der Waals surface area contributed by atoms with E-state index in [0.717, 1.165) is 35.7 Å². The first-order valence-electron chi connectivity index (χ1n) is 7.18. The third kappa shape index (κ3) is 3.60. The summed E-state index contributed by atoms with van der Waals surface area (Å²) in [7, 11) is 0. The number of hydrogen-bond donors (Lipinski definition) is 1. The molecule has 110 valence electrons. The molecule has 1 fully saturated rings. The van der Waals surface area contributed by atoms with Crippen molar-refractivity contribution in [2.75, 3.05) is 0 Å². The SMILES string of the molecule is CCC1CCC(C(=O)O)C(Cc2ccc(F)cc2Br)C1. The van der Waals surface area contributed by atoms with E-state index in [1.165, 1.54) is 12.1 Å². The zero-order chi connectivity index (χ0) is 14.7. The molecule has 0 amide bonds. The molecule has 1 saturated carbocycles. The highest BCUT2D eigenvalue weighted by Gasteiger charge is 2.34.